The predicted octanol–water partition coefficient (Wildman–Crippen LogP) is 9.94. The molecule has 0 fully saturated rings. The molecule has 1 heteroatoms. The molecule has 0 heterocycles. The molecular formula is C36H44U. The van der Waals surface area contributed by atoms with Crippen LogP contribution in [0.3, 0.4) is 0 Å². The van der Waals surface area contributed by atoms with Crippen LogP contribution in [0.2, 0.25) is 0 Å². The number of hydrogen-bond acceptors (Lipinski definition) is 0. The zero-order valence-corrected chi connectivity index (χ0v) is 28.4. The van der Waals surface area contributed by atoms with Gasteiger partial charge < -0.3 is 0 Å². The van der Waals surface area contributed by atoms with Crippen LogP contribution in [0.4, 0.5) is 0 Å². The van der Waals surface area contributed by atoms with Crippen LogP contribution in [0.25, 0.3) is 0 Å². The van der Waals surface area contributed by atoms with Gasteiger partial charge in [0.2, 0.25) is 0 Å². The van der Waals surface area contributed by atoms with Gasteiger partial charge in [0.15, 0.2) is 0 Å². The molecule has 0 saturated heterocycles. The fraction of sp³-hybridized carbons (Fsp3) is 0.222. The average Bonchev–Trinajstić information content (AvgIpc) is 2.64. The molecule has 0 amide bonds. The van der Waals surface area contributed by atoms with Crippen LogP contribution in [-0.2, 0) is 0 Å². The first-order valence-corrected chi connectivity index (χ1v) is 12.3. The van der Waals surface area contributed by atoms with E-state index in [2.05, 4.69) is 156 Å². The molecule has 0 nitrogen and oxygen atoms in total. The van der Waals surface area contributed by atoms with Gasteiger partial charge in [0.25, 0.3) is 0 Å². The van der Waals surface area contributed by atoms with Crippen molar-refractivity contribution in [2.45, 2.75) is 55.4 Å². The molecule has 0 unspecified atom stereocenters. The molecule has 0 bridgehead atoms. The quantitative estimate of drug-likeness (QED) is 0.159. The van der Waals surface area contributed by atoms with Gasteiger partial charge in [0, 0.05) is 0 Å². The van der Waals surface area contributed by atoms with Crippen molar-refractivity contribution < 1.29 is 31.1 Å². The summed E-state index contributed by atoms with van der Waals surface area (Å²) in [6.07, 6.45) is 0. The smallest absolute Gasteiger partial charge is 0.199 e. The van der Waals surface area contributed by atoms with Crippen molar-refractivity contribution in [2.24, 2.45) is 0 Å². The van der Waals surface area contributed by atoms with Gasteiger partial charge in [-0.15, -0.1) is 44.5 Å². The van der Waals surface area contributed by atoms with Crippen LogP contribution in [0.5, 0.6) is 0 Å². The first kappa shape index (κ1) is 34.4. The standard InChI is InChI=1S/4C9H11.U/c4*1-7-4-8(2)6-9(3)5-7;/h4*4-6H,1H2,2-3H3;/q4*-1;+4. The summed E-state index contributed by atoms with van der Waals surface area (Å²) in [5.74, 6) is 0. The summed E-state index contributed by atoms with van der Waals surface area (Å²) in [5.41, 5.74) is 14.8. The van der Waals surface area contributed by atoms with E-state index in [0.717, 1.165) is 22.3 Å². The van der Waals surface area contributed by atoms with Gasteiger partial charge in [0.1, 0.15) is 0 Å². The Morgan fingerprint density at radius 1 is 0.270 bits per heavy atom. The SMILES string of the molecule is [CH2-]c1cc(C)cc(C)c1.[CH2-]c1cc(C)cc(C)c1.[CH2-]c1cc(C)cc(C)c1.[CH2-]c1cc(C)cc(C)c1.[U+4]. The Morgan fingerprint density at radius 2 is 0.378 bits per heavy atom. The zero-order valence-electron chi connectivity index (χ0n) is 24.3. The maximum Gasteiger partial charge on any atom is 4.00 e. The first-order chi connectivity index (χ1) is 16.7. The van der Waals surface area contributed by atoms with Crippen LogP contribution in [0.15, 0.2) is 72.8 Å². The fourth-order valence-electron chi connectivity index (χ4n) is 4.28. The molecule has 0 radical (unpaired) electrons. The molecule has 4 aromatic carbocycles. The van der Waals surface area contributed by atoms with E-state index in [-0.39, 0.29) is 31.1 Å². The van der Waals surface area contributed by atoms with Crippen molar-refractivity contribution in [1.29, 1.82) is 0 Å². The van der Waals surface area contributed by atoms with Crippen molar-refractivity contribution in [3.63, 3.8) is 0 Å². The monoisotopic (exact) mass is 714 g/mol. The minimum absolute atomic E-state index is 0. The van der Waals surface area contributed by atoms with Crippen LogP contribution in [0, 0.1) is 114 Å². The second-order valence-corrected chi connectivity index (χ2v) is 9.98. The van der Waals surface area contributed by atoms with E-state index in [1.807, 2.05) is 0 Å². The topological polar surface area (TPSA) is 0 Å². The van der Waals surface area contributed by atoms with E-state index in [1.54, 1.807) is 0 Å². The van der Waals surface area contributed by atoms with E-state index in [4.69, 9.17) is 0 Å². The maximum absolute atomic E-state index is 3.84. The average molecular weight is 715 g/mol. The summed E-state index contributed by atoms with van der Waals surface area (Å²) in [4.78, 5) is 0. The number of hydrogen-bond donors (Lipinski definition) is 0. The molecule has 0 aliphatic heterocycles. The number of benzene rings is 4. The van der Waals surface area contributed by atoms with E-state index in [9.17, 15) is 0 Å². The third-order valence-corrected chi connectivity index (χ3v) is 5.13. The molecule has 0 aromatic heterocycles. The maximum atomic E-state index is 3.84. The van der Waals surface area contributed by atoms with Crippen molar-refractivity contribution >= 4 is 0 Å². The molecule has 0 aliphatic carbocycles. The Hall–Kier alpha value is -2.59. The molecule has 0 saturated carbocycles. The first-order valence-electron chi connectivity index (χ1n) is 12.3. The second-order valence-electron chi connectivity index (χ2n) is 9.98. The zero-order chi connectivity index (χ0) is 27.4. The molecule has 37 heavy (non-hydrogen) atoms. The predicted molar refractivity (Wildman–Crippen MR) is 161 cm³/mol. The summed E-state index contributed by atoms with van der Waals surface area (Å²) >= 11 is 0. The summed E-state index contributed by atoms with van der Waals surface area (Å²) in [6, 6.07) is 25.2. The number of aryl methyl sites for hydroxylation is 8. The molecule has 4 rings (SSSR count). The van der Waals surface area contributed by atoms with Crippen molar-refractivity contribution in [3.05, 3.63) is 167 Å². The van der Waals surface area contributed by atoms with Gasteiger partial charge in [-0.1, -0.05) is 79.7 Å². The van der Waals surface area contributed by atoms with Gasteiger partial charge in [-0.05, 0) is 0 Å². The summed E-state index contributed by atoms with van der Waals surface area (Å²) in [7, 11) is 0. The summed E-state index contributed by atoms with van der Waals surface area (Å²) in [5, 5.41) is 0. The van der Waals surface area contributed by atoms with Gasteiger partial charge in [-0.2, -0.15) is 98.5 Å². The van der Waals surface area contributed by atoms with Crippen molar-refractivity contribution in [3.8, 4) is 0 Å². The molecule has 0 atom stereocenters. The van der Waals surface area contributed by atoms with Gasteiger partial charge in [0.05, 0.1) is 0 Å². The Kier molecular flexibility index (Phi) is 15.8. The fourth-order valence-corrected chi connectivity index (χ4v) is 4.28. The van der Waals surface area contributed by atoms with Gasteiger partial charge >= 0.3 is 31.1 Å². The summed E-state index contributed by atoms with van der Waals surface area (Å²) in [6.45, 7) is 32.0. The molecular weight excluding hydrogens is 670 g/mol. The minimum atomic E-state index is 0. The van der Waals surface area contributed by atoms with Crippen LogP contribution in [0.1, 0.15) is 66.8 Å². The third-order valence-electron chi connectivity index (χ3n) is 5.13. The molecule has 192 valence electrons. The largest absolute Gasteiger partial charge is 4.00 e. The Morgan fingerprint density at radius 3 is 0.459 bits per heavy atom. The Labute approximate surface area is 252 Å². The minimum Gasteiger partial charge on any atom is -0.199 e. The van der Waals surface area contributed by atoms with Gasteiger partial charge in [-0.25, -0.2) is 0 Å². The molecule has 0 N–H and O–H groups in total. The normalized spacial score (nSPS) is 9.30. The Bertz CT molecular complexity index is 848. The van der Waals surface area contributed by atoms with Gasteiger partial charge in [-0.3, -0.25) is 0 Å². The molecule has 0 spiro atoms. The van der Waals surface area contributed by atoms with E-state index in [0.29, 0.717) is 0 Å². The van der Waals surface area contributed by atoms with Crippen molar-refractivity contribution in [2.75, 3.05) is 0 Å². The van der Waals surface area contributed by atoms with Crippen LogP contribution < -0.4 is 0 Å². The molecule has 4 aromatic rings. The van der Waals surface area contributed by atoms with E-state index in [1.165, 1.54) is 44.5 Å². The number of rotatable bonds is 0. The van der Waals surface area contributed by atoms with Crippen LogP contribution >= 0.6 is 0 Å². The third kappa shape index (κ3) is 16.0. The Balaban J connectivity index is 0.000000463. The van der Waals surface area contributed by atoms with E-state index < -0.39 is 0 Å². The summed E-state index contributed by atoms with van der Waals surface area (Å²) < 4.78 is 0. The van der Waals surface area contributed by atoms with Crippen LogP contribution in [-0.4, -0.2) is 0 Å². The van der Waals surface area contributed by atoms with E-state index >= 15 is 0 Å². The van der Waals surface area contributed by atoms with Crippen molar-refractivity contribution in [1.82, 2.24) is 0 Å². The second kappa shape index (κ2) is 17.0. The molecule has 0 aliphatic rings.